The lowest BCUT2D eigenvalue weighted by Crippen LogP contribution is -2.48. The van der Waals surface area contributed by atoms with Crippen molar-refractivity contribution in [2.45, 2.75) is 38.1 Å². The lowest BCUT2D eigenvalue weighted by Gasteiger charge is -2.28. The minimum atomic E-state index is -4.73. The molecule has 1 aliphatic heterocycles. The van der Waals surface area contributed by atoms with Crippen LogP contribution in [0, 0.1) is 0 Å². The minimum absolute atomic E-state index is 0.0278. The molecule has 1 rings (SSSR count). The van der Waals surface area contributed by atoms with Gasteiger partial charge in [-0.25, -0.2) is 0 Å². The van der Waals surface area contributed by atoms with Crippen molar-refractivity contribution >= 4 is 11.9 Å². The van der Waals surface area contributed by atoms with Crippen LogP contribution in [-0.4, -0.2) is 53.4 Å². The number of carbonyl (C=O) groups is 2. The molecule has 8 heteroatoms. The van der Waals surface area contributed by atoms with E-state index in [1.165, 1.54) is 6.92 Å². The number of aliphatic hydroxyl groups excluding tert-OH is 1. The van der Waals surface area contributed by atoms with E-state index in [0.717, 1.165) is 0 Å². The Bertz CT molecular complexity index is 332. The van der Waals surface area contributed by atoms with Crippen molar-refractivity contribution in [1.82, 2.24) is 4.90 Å². The highest BCUT2D eigenvalue weighted by atomic mass is 19.4. The molecule has 1 saturated heterocycles. The summed E-state index contributed by atoms with van der Waals surface area (Å²) in [6, 6.07) is -2.24. The van der Waals surface area contributed by atoms with Crippen molar-refractivity contribution in [3.8, 4) is 0 Å². The molecule has 0 aromatic rings. The lowest BCUT2D eigenvalue weighted by atomic mass is 10.1. The largest absolute Gasteiger partial charge is 0.466 e. The Labute approximate surface area is 102 Å². The first-order chi connectivity index (χ1) is 8.25. The molecule has 0 aliphatic carbocycles. The standard InChI is InChI=1S/C10H14F3NO4/c1-2-18-9(17)4-7(10(11,12)13)14-5-6(15)3-8(14)16/h6-7,15H,2-5H2,1H3. The number of ether oxygens (including phenoxy) is 1. The van der Waals surface area contributed by atoms with Crippen LogP contribution in [0.5, 0.6) is 0 Å². The van der Waals surface area contributed by atoms with E-state index in [0.29, 0.717) is 4.90 Å². The molecule has 1 heterocycles. The Balaban J connectivity index is 2.79. The fourth-order valence-electron chi connectivity index (χ4n) is 1.79. The Morgan fingerprint density at radius 1 is 1.61 bits per heavy atom. The van der Waals surface area contributed by atoms with E-state index in [4.69, 9.17) is 0 Å². The molecule has 18 heavy (non-hydrogen) atoms. The summed E-state index contributed by atoms with van der Waals surface area (Å²) in [7, 11) is 0. The maximum atomic E-state index is 12.8. The second kappa shape index (κ2) is 5.55. The summed E-state index contributed by atoms with van der Waals surface area (Å²) in [6.45, 7) is 1.04. The number of esters is 1. The third-order valence-electron chi connectivity index (χ3n) is 2.56. The van der Waals surface area contributed by atoms with Crippen LogP contribution in [0.1, 0.15) is 19.8 Å². The summed E-state index contributed by atoms with van der Waals surface area (Å²) in [4.78, 5) is 22.9. The summed E-state index contributed by atoms with van der Waals surface area (Å²) < 4.78 is 42.8. The van der Waals surface area contributed by atoms with Gasteiger partial charge < -0.3 is 14.7 Å². The molecule has 0 spiro atoms. The van der Waals surface area contributed by atoms with Crippen molar-refractivity contribution in [2.75, 3.05) is 13.2 Å². The van der Waals surface area contributed by atoms with Crippen LogP contribution in [0.2, 0.25) is 0 Å². The highest BCUT2D eigenvalue weighted by molar-refractivity contribution is 5.80. The maximum Gasteiger partial charge on any atom is 0.409 e. The molecule has 5 nitrogen and oxygen atoms in total. The maximum absolute atomic E-state index is 12.8. The molecule has 1 N–H and O–H groups in total. The highest BCUT2D eigenvalue weighted by Crippen LogP contribution is 2.30. The van der Waals surface area contributed by atoms with E-state index < -0.39 is 43.2 Å². The normalized spacial score (nSPS) is 22.2. The minimum Gasteiger partial charge on any atom is -0.466 e. The number of nitrogens with zero attached hydrogens (tertiary/aromatic N) is 1. The zero-order valence-electron chi connectivity index (χ0n) is 9.74. The summed E-state index contributed by atoms with van der Waals surface area (Å²) in [5.74, 6) is -1.83. The molecule has 1 fully saturated rings. The number of rotatable bonds is 4. The third-order valence-corrected chi connectivity index (χ3v) is 2.56. The van der Waals surface area contributed by atoms with Gasteiger partial charge in [0.25, 0.3) is 0 Å². The van der Waals surface area contributed by atoms with Gasteiger partial charge in [0.15, 0.2) is 0 Å². The molecular weight excluding hydrogens is 255 g/mol. The molecular formula is C10H14F3NO4. The third kappa shape index (κ3) is 3.59. The summed E-state index contributed by atoms with van der Waals surface area (Å²) in [6.07, 6.45) is -7.15. The average molecular weight is 269 g/mol. The monoisotopic (exact) mass is 269 g/mol. The molecule has 1 amide bonds. The topological polar surface area (TPSA) is 66.8 Å². The van der Waals surface area contributed by atoms with E-state index in [2.05, 4.69) is 4.74 Å². The first-order valence-electron chi connectivity index (χ1n) is 5.45. The summed E-state index contributed by atoms with van der Waals surface area (Å²) >= 11 is 0. The number of hydrogen-bond acceptors (Lipinski definition) is 4. The molecule has 0 radical (unpaired) electrons. The van der Waals surface area contributed by atoms with E-state index in [1.54, 1.807) is 0 Å². The number of hydrogen-bond donors (Lipinski definition) is 1. The van der Waals surface area contributed by atoms with Gasteiger partial charge >= 0.3 is 12.1 Å². The first-order valence-corrected chi connectivity index (χ1v) is 5.45. The Hall–Kier alpha value is -1.31. The number of carbonyl (C=O) groups excluding carboxylic acids is 2. The van der Waals surface area contributed by atoms with Gasteiger partial charge in [-0.1, -0.05) is 0 Å². The first kappa shape index (κ1) is 14.7. The van der Waals surface area contributed by atoms with Gasteiger partial charge in [-0.05, 0) is 6.92 Å². The summed E-state index contributed by atoms with van der Waals surface area (Å²) in [5, 5.41) is 9.18. The van der Waals surface area contributed by atoms with Gasteiger partial charge in [0.2, 0.25) is 5.91 Å². The lowest BCUT2D eigenvalue weighted by molar-refractivity contribution is -0.193. The number of likely N-dealkylation sites (tertiary alicyclic amines) is 1. The number of amides is 1. The molecule has 0 aromatic heterocycles. The quantitative estimate of drug-likeness (QED) is 0.753. The van der Waals surface area contributed by atoms with Crippen LogP contribution in [0.15, 0.2) is 0 Å². The van der Waals surface area contributed by atoms with Gasteiger partial charge in [-0.3, -0.25) is 9.59 Å². The average Bonchev–Trinajstić information content (AvgIpc) is 2.53. The molecule has 2 atom stereocenters. The molecule has 0 aromatic carbocycles. The van der Waals surface area contributed by atoms with Crippen LogP contribution in [-0.2, 0) is 14.3 Å². The second-order valence-electron chi connectivity index (χ2n) is 3.97. The van der Waals surface area contributed by atoms with Crippen molar-refractivity contribution in [3.63, 3.8) is 0 Å². The fraction of sp³-hybridized carbons (Fsp3) is 0.800. The van der Waals surface area contributed by atoms with Crippen LogP contribution < -0.4 is 0 Å². The van der Waals surface area contributed by atoms with Crippen molar-refractivity contribution in [3.05, 3.63) is 0 Å². The molecule has 0 saturated carbocycles. The van der Waals surface area contributed by atoms with E-state index in [9.17, 15) is 27.9 Å². The fourth-order valence-corrected chi connectivity index (χ4v) is 1.79. The Morgan fingerprint density at radius 2 is 2.22 bits per heavy atom. The van der Waals surface area contributed by atoms with Gasteiger partial charge in [0.1, 0.15) is 6.04 Å². The molecule has 2 unspecified atom stereocenters. The van der Waals surface area contributed by atoms with Gasteiger partial charge in [-0.2, -0.15) is 13.2 Å². The molecule has 1 aliphatic rings. The number of β-amino-alcohol motifs (C(OH)–C–C–N with tert-alkyl or cyclic N) is 1. The zero-order valence-corrected chi connectivity index (χ0v) is 9.74. The predicted molar refractivity (Wildman–Crippen MR) is 53.4 cm³/mol. The smallest absolute Gasteiger partial charge is 0.409 e. The van der Waals surface area contributed by atoms with Gasteiger partial charge in [-0.15, -0.1) is 0 Å². The van der Waals surface area contributed by atoms with E-state index in [1.807, 2.05) is 0 Å². The van der Waals surface area contributed by atoms with Gasteiger partial charge in [0.05, 0.1) is 25.6 Å². The number of halogens is 3. The highest BCUT2D eigenvalue weighted by Gasteiger charge is 2.49. The summed E-state index contributed by atoms with van der Waals surface area (Å²) in [5.41, 5.74) is 0. The van der Waals surface area contributed by atoms with E-state index >= 15 is 0 Å². The SMILES string of the molecule is CCOC(=O)CC(N1CC(O)CC1=O)C(F)(F)F. The van der Waals surface area contributed by atoms with E-state index in [-0.39, 0.29) is 13.0 Å². The van der Waals surface area contributed by atoms with Gasteiger partial charge in [0, 0.05) is 6.54 Å². The number of alkyl halides is 3. The second-order valence-corrected chi connectivity index (χ2v) is 3.97. The van der Waals surface area contributed by atoms with Crippen molar-refractivity contribution in [2.24, 2.45) is 0 Å². The van der Waals surface area contributed by atoms with Crippen LogP contribution >= 0.6 is 0 Å². The number of aliphatic hydroxyl groups is 1. The van der Waals surface area contributed by atoms with Crippen molar-refractivity contribution in [1.29, 1.82) is 0 Å². The van der Waals surface area contributed by atoms with Crippen LogP contribution in [0.25, 0.3) is 0 Å². The predicted octanol–water partition coefficient (Wildman–Crippen LogP) is 0.464. The molecule has 0 bridgehead atoms. The Morgan fingerprint density at radius 3 is 2.61 bits per heavy atom. The Kier molecular flexibility index (Phi) is 4.55. The van der Waals surface area contributed by atoms with Crippen molar-refractivity contribution < 1.29 is 32.6 Å². The zero-order chi connectivity index (χ0) is 13.9. The van der Waals surface area contributed by atoms with Crippen LogP contribution in [0.3, 0.4) is 0 Å². The van der Waals surface area contributed by atoms with Crippen LogP contribution in [0.4, 0.5) is 13.2 Å². The molecule has 104 valence electrons.